The number of thiophene rings is 1. The van der Waals surface area contributed by atoms with Gasteiger partial charge in [0.15, 0.2) is 0 Å². The Hall–Kier alpha value is -3.45. The first kappa shape index (κ1) is 21.4. The first-order valence-corrected chi connectivity index (χ1v) is 12.2. The van der Waals surface area contributed by atoms with E-state index >= 15 is 0 Å². The van der Waals surface area contributed by atoms with Crippen molar-refractivity contribution in [2.45, 2.75) is 26.2 Å². The second-order valence-electron chi connectivity index (χ2n) is 8.40. The number of hydrogen-bond acceptors (Lipinski definition) is 5. The molecule has 0 spiro atoms. The molecule has 1 saturated heterocycles. The highest BCUT2D eigenvalue weighted by Crippen LogP contribution is 2.23. The van der Waals surface area contributed by atoms with Gasteiger partial charge in [-0.2, -0.15) is 0 Å². The minimum absolute atomic E-state index is 0.115. The van der Waals surface area contributed by atoms with Crippen LogP contribution < -0.4 is 15.8 Å². The Morgan fingerprint density at radius 2 is 1.88 bits per heavy atom. The number of nitrogens with one attached hydrogen (secondary N) is 1. The van der Waals surface area contributed by atoms with Gasteiger partial charge in [-0.15, -0.1) is 11.3 Å². The molecule has 5 rings (SSSR count). The van der Waals surface area contributed by atoms with Gasteiger partial charge in [0, 0.05) is 30.1 Å². The summed E-state index contributed by atoms with van der Waals surface area (Å²) in [6.07, 6.45) is 2.96. The lowest BCUT2D eigenvalue weighted by Crippen LogP contribution is -2.30. The molecule has 7 heteroatoms. The predicted molar refractivity (Wildman–Crippen MR) is 134 cm³/mol. The Balaban J connectivity index is 1.51. The van der Waals surface area contributed by atoms with Crippen LogP contribution in [0.15, 0.2) is 64.8 Å². The average Bonchev–Trinajstić information content (AvgIpc) is 3.54. The standard InChI is InChI=1S/C26H26N4O2S/c1-18-6-9-20(10-7-18)30-25(32)22-11-8-19(24(31)27-13-12-21-5-4-16-33-21)17-23(22)28-26(30)29-14-2-3-15-29/h4-11,16-17H,2-3,12-15H2,1H3,(H,27,31). The van der Waals surface area contributed by atoms with Crippen LogP contribution in [0.2, 0.25) is 0 Å². The summed E-state index contributed by atoms with van der Waals surface area (Å²) in [6.45, 7) is 4.33. The van der Waals surface area contributed by atoms with Crippen LogP contribution in [0.3, 0.4) is 0 Å². The topological polar surface area (TPSA) is 67.2 Å². The number of benzene rings is 2. The van der Waals surface area contributed by atoms with E-state index in [9.17, 15) is 9.59 Å². The molecule has 0 saturated carbocycles. The van der Waals surface area contributed by atoms with Crippen molar-refractivity contribution in [1.29, 1.82) is 0 Å². The molecule has 4 aromatic rings. The number of carbonyl (C=O) groups excluding carboxylic acids is 1. The van der Waals surface area contributed by atoms with Crippen molar-refractivity contribution in [2.75, 3.05) is 24.5 Å². The molecule has 1 fully saturated rings. The van der Waals surface area contributed by atoms with Crippen molar-refractivity contribution in [3.8, 4) is 5.69 Å². The molecule has 3 heterocycles. The number of nitrogens with zero attached hydrogens (tertiary/aromatic N) is 3. The number of carbonyl (C=O) groups is 1. The van der Waals surface area contributed by atoms with E-state index in [1.54, 1.807) is 34.1 Å². The molecular weight excluding hydrogens is 432 g/mol. The highest BCUT2D eigenvalue weighted by molar-refractivity contribution is 7.09. The first-order valence-electron chi connectivity index (χ1n) is 11.3. The van der Waals surface area contributed by atoms with Gasteiger partial charge in [0.25, 0.3) is 11.5 Å². The molecule has 0 bridgehead atoms. The van der Waals surface area contributed by atoms with E-state index < -0.39 is 0 Å². The molecule has 1 aliphatic rings. The maximum Gasteiger partial charge on any atom is 0.267 e. The number of anilines is 1. The maximum absolute atomic E-state index is 13.6. The summed E-state index contributed by atoms with van der Waals surface area (Å²) >= 11 is 1.68. The van der Waals surface area contributed by atoms with Crippen molar-refractivity contribution in [3.63, 3.8) is 0 Å². The predicted octanol–water partition coefficient (Wildman–Crippen LogP) is 4.33. The Kier molecular flexibility index (Phi) is 5.96. The molecule has 1 amide bonds. The van der Waals surface area contributed by atoms with Crippen molar-refractivity contribution in [2.24, 2.45) is 0 Å². The summed E-state index contributed by atoms with van der Waals surface area (Å²) in [5, 5.41) is 5.52. The number of amides is 1. The van der Waals surface area contributed by atoms with Gasteiger partial charge in [-0.1, -0.05) is 23.8 Å². The first-order chi connectivity index (χ1) is 16.1. The van der Waals surface area contributed by atoms with Crippen molar-refractivity contribution >= 4 is 34.1 Å². The number of aryl methyl sites for hydroxylation is 1. The summed E-state index contributed by atoms with van der Waals surface area (Å²) in [7, 11) is 0. The van der Waals surface area contributed by atoms with E-state index in [1.165, 1.54) is 4.88 Å². The molecule has 2 aromatic heterocycles. The number of fused-ring (bicyclic) bond motifs is 1. The lowest BCUT2D eigenvalue weighted by atomic mass is 10.1. The Morgan fingerprint density at radius 1 is 1.09 bits per heavy atom. The Labute approximate surface area is 196 Å². The molecule has 0 radical (unpaired) electrons. The summed E-state index contributed by atoms with van der Waals surface area (Å²) in [5.74, 6) is 0.491. The molecular formula is C26H26N4O2S. The average molecular weight is 459 g/mol. The fourth-order valence-corrected chi connectivity index (χ4v) is 4.94. The highest BCUT2D eigenvalue weighted by atomic mass is 32.1. The largest absolute Gasteiger partial charge is 0.352 e. The number of hydrogen-bond donors (Lipinski definition) is 1. The highest BCUT2D eigenvalue weighted by Gasteiger charge is 2.21. The van der Waals surface area contributed by atoms with Crippen molar-refractivity contribution in [3.05, 3.63) is 86.3 Å². The molecule has 0 atom stereocenters. The van der Waals surface area contributed by atoms with Crippen LogP contribution in [0.25, 0.3) is 16.6 Å². The van der Waals surface area contributed by atoms with Gasteiger partial charge in [-0.25, -0.2) is 9.55 Å². The molecule has 6 nitrogen and oxygen atoms in total. The van der Waals surface area contributed by atoms with Gasteiger partial charge < -0.3 is 10.2 Å². The van der Waals surface area contributed by atoms with Crippen LogP contribution in [-0.4, -0.2) is 35.1 Å². The SMILES string of the molecule is Cc1ccc(-n2c(N3CCCC3)nc3cc(C(=O)NCCc4cccs4)ccc3c2=O)cc1. The normalized spacial score (nSPS) is 13.5. The quantitative estimate of drug-likeness (QED) is 0.467. The van der Waals surface area contributed by atoms with Crippen LogP contribution in [-0.2, 0) is 6.42 Å². The smallest absolute Gasteiger partial charge is 0.267 e. The van der Waals surface area contributed by atoms with Crippen LogP contribution >= 0.6 is 11.3 Å². The minimum atomic E-state index is -0.152. The summed E-state index contributed by atoms with van der Waals surface area (Å²) in [5.41, 5.74) is 2.89. The second kappa shape index (κ2) is 9.19. The molecule has 0 aliphatic carbocycles. The van der Waals surface area contributed by atoms with E-state index in [2.05, 4.69) is 16.3 Å². The fourth-order valence-electron chi connectivity index (χ4n) is 4.23. The van der Waals surface area contributed by atoms with Crippen LogP contribution in [0, 0.1) is 6.92 Å². The molecule has 0 unspecified atom stereocenters. The molecule has 1 N–H and O–H groups in total. The third-order valence-corrected chi connectivity index (χ3v) is 6.97. The lowest BCUT2D eigenvalue weighted by molar-refractivity contribution is 0.0954. The van der Waals surface area contributed by atoms with E-state index in [-0.39, 0.29) is 11.5 Å². The van der Waals surface area contributed by atoms with Gasteiger partial charge in [-0.3, -0.25) is 9.59 Å². The monoisotopic (exact) mass is 458 g/mol. The number of aromatic nitrogens is 2. The van der Waals surface area contributed by atoms with Crippen molar-refractivity contribution in [1.82, 2.24) is 14.9 Å². The van der Waals surface area contributed by atoms with Crippen LogP contribution in [0.4, 0.5) is 5.95 Å². The Morgan fingerprint density at radius 3 is 2.61 bits per heavy atom. The van der Waals surface area contributed by atoms with Crippen LogP contribution in [0.5, 0.6) is 0 Å². The minimum Gasteiger partial charge on any atom is -0.352 e. The van der Waals surface area contributed by atoms with E-state index in [1.807, 2.05) is 42.6 Å². The third kappa shape index (κ3) is 4.41. The van der Waals surface area contributed by atoms with Crippen molar-refractivity contribution < 1.29 is 4.79 Å². The van der Waals surface area contributed by atoms with E-state index in [0.29, 0.717) is 29.0 Å². The van der Waals surface area contributed by atoms with E-state index in [0.717, 1.165) is 43.6 Å². The zero-order chi connectivity index (χ0) is 22.8. The molecule has 1 aliphatic heterocycles. The third-order valence-electron chi connectivity index (χ3n) is 6.03. The maximum atomic E-state index is 13.6. The van der Waals surface area contributed by atoms with Gasteiger partial charge in [0.2, 0.25) is 5.95 Å². The van der Waals surface area contributed by atoms with E-state index in [4.69, 9.17) is 4.98 Å². The lowest BCUT2D eigenvalue weighted by Gasteiger charge is -2.22. The summed E-state index contributed by atoms with van der Waals surface area (Å²) in [6, 6.07) is 17.2. The Bertz CT molecular complexity index is 1340. The van der Waals surface area contributed by atoms with Gasteiger partial charge in [-0.05, 0) is 68.0 Å². The van der Waals surface area contributed by atoms with Gasteiger partial charge in [0.1, 0.15) is 0 Å². The molecule has 2 aromatic carbocycles. The summed E-state index contributed by atoms with van der Waals surface area (Å²) < 4.78 is 1.70. The molecule has 33 heavy (non-hydrogen) atoms. The zero-order valence-electron chi connectivity index (χ0n) is 18.6. The zero-order valence-corrected chi connectivity index (χ0v) is 19.4. The summed E-state index contributed by atoms with van der Waals surface area (Å²) in [4.78, 5) is 34.6. The van der Waals surface area contributed by atoms with Gasteiger partial charge >= 0.3 is 0 Å². The number of rotatable bonds is 6. The second-order valence-corrected chi connectivity index (χ2v) is 9.43. The van der Waals surface area contributed by atoms with Crippen LogP contribution in [0.1, 0.15) is 33.6 Å². The molecule has 168 valence electrons. The van der Waals surface area contributed by atoms with Gasteiger partial charge in [0.05, 0.1) is 16.6 Å². The fraction of sp³-hybridized carbons (Fsp3) is 0.269.